The van der Waals surface area contributed by atoms with Crippen LogP contribution in [0.2, 0.25) is 10.0 Å². The predicted molar refractivity (Wildman–Crippen MR) is 81.7 cm³/mol. The molecule has 0 radical (unpaired) electrons. The fourth-order valence-corrected chi connectivity index (χ4v) is 2.10. The molecule has 0 atom stereocenters. The van der Waals surface area contributed by atoms with Gasteiger partial charge in [-0.15, -0.1) is 0 Å². The van der Waals surface area contributed by atoms with Crippen LogP contribution in [0.4, 0.5) is 11.4 Å². The maximum absolute atomic E-state index is 12.4. The number of amides is 1. The Morgan fingerprint density at radius 3 is 2.55 bits per heavy atom. The number of rotatable bonds is 2. The standard InChI is InChI=1S/C14H12Cl2N2O2/c1-18(12-7-9(15)3-4-11(12)17)14(20)8-2-5-13(19)10(16)6-8/h2-7,19H,17H2,1H3. The minimum atomic E-state index is -0.305. The molecule has 2 aromatic rings. The maximum atomic E-state index is 12.4. The molecule has 0 fully saturated rings. The molecule has 2 aromatic carbocycles. The normalized spacial score (nSPS) is 10.3. The Hall–Kier alpha value is -1.91. The maximum Gasteiger partial charge on any atom is 0.258 e. The molecule has 104 valence electrons. The van der Waals surface area contributed by atoms with Crippen LogP contribution in [0.15, 0.2) is 36.4 Å². The lowest BCUT2D eigenvalue weighted by Gasteiger charge is -2.19. The molecule has 0 aliphatic carbocycles. The number of halogens is 2. The molecule has 0 bridgehead atoms. The van der Waals surface area contributed by atoms with E-state index in [0.717, 1.165) is 0 Å². The van der Waals surface area contributed by atoms with Gasteiger partial charge in [0.2, 0.25) is 0 Å². The molecule has 2 rings (SSSR count). The summed E-state index contributed by atoms with van der Waals surface area (Å²) in [5, 5.41) is 9.97. The molecule has 0 unspecified atom stereocenters. The van der Waals surface area contributed by atoms with E-state index >= 15 is 0 Å². The van der Waals surface area contributed by atoms with Gasteiger partial charge in [-0.1, -0.05) is 23.2 Å². The predicted octanol–water partition coefficient (Wildman–Crippen LogP) is 3.56. The van der Waals surface area contributed by atoms with Crippen LogP contribution < -0.4 is 10.6 Å². The average molecular weight is 311 g/mol. The van der Waals surface area contributed by atoms with E-state index in [1.807, 2.05) is 0 Å². The number of anilines is 2. The van der Waals surface area contributed by atoms with Crippen molar-refractivity contribution in [2.45, 2.75) is 0 Å². The summed E-state index contributed by atoms with van der Waals surface area (Å²) in [4.78, 5) is 13.7. The highest BCUT2D eigenvalue weighted by Crippen LogP contribution is 2.29. The van der Waals surface area contributed by atoms with E-state index in [2.05, 4.69) is 0 Å². The van der Waals surface area contributed by atoms with Gasteiger partial charge in [-0.3, -0.25) is 4.79 Å². The minimum absolute atomic E-state index is 0.0758. The zero-order valence-corrected chi connectivity index (χ0v) is 12.1. The van der Waals surface area contributed by atoms with Crippen LogP contribution in [0.25, 0.3) is 0 Å². The number of hydrogen-bond acceptors (Lipinski definition) is 3. The largest absolute Gasteiger partial charge is 0.506 e. The van der Waals surface area contributed by atoms with Crippen molar-refractivity contribution >= 4 is 40.5 Å². The smallest absolute Gasteiger partial charge is 0.258 e. The zero-order chi connectivity index (χ0) is 14.9. The summed E-state index contributed by atoms with van der Waals surface area (Å²) >= 11 is 11.7. The van der Waals surface area contributed by atoms with Crippen molar-refractivity contribution in [3.05, 3.63) is 52.0 Å². The average Bonchev–Trinajstić information content (AvgIpc) is 2.43. The molecule has 1 amide bonds. The molecular weight excluding hydrogens is 299 g/mol. The summed E-state index contributed by atoms with van der Waals surface area (Å²) in [5.74, 6) is -0.381. The SMILES string of the molecule is CN(C(=O)c1ccc(O)c(Cl)c1)c1cc(Cl)ccc1N. The first-order chi connectivity index (χ1) is 9.40. The summed E-state index contributed by atoms with van der Waals surface area (Å²) in [6, 6.07) is 9.14. The van der Waals surface area contributed by atoms with Crippen molar-refractivity contribution in [2.75, 3.05) is 17.7 Å². The monoisotopic (exact) mass is 310 g/mol. The van der Waals surface area contributed by atoms with Crippen molar-refractivity contribution in [2.24, 2.45) is 0 Å². The van der Waals surface area contributed by atoms with E-state index in [0.29, 0.717) is 22.0 Å². The molecule has 6 heteroatoms. The summed E-state index contributed by atoms with van der Waals surface area (Å²) in [6.07, 6.45) is 0. The summed E-state index contributed by atoms with van der Waals surface area (Å²) in [7, 11) is 1.59. The van der Waals surface area contributed by atoms with Gasteiger partial charge in [-0.25, -0.2) is 0 Å². The van der Waals surface area contributed by atoms with Crippen molar-refractivity contribution in [1.29, 1.82) is 0 Å². The number of carbonyl (C=O) groups excluding carboxylic acids is 1. The lowest BCUT2D eigenvalue weighted by molar-refractivity contribution is 0.0993. The molecule has 0 aliphatic heterocycles. The fourth-order valence-electron chi connectivity index (χ4n) is 1.75. The zero-order valence-electron chi connectivity index (χ0n) is 10.6. The number of phenolic OH excluding ortho intramolecular Hbond substituents is 1. The molecule has 4 nitrogen and oxygen atoms in total. The number of hydrogen-bond donors (Lipinski definition) is 2. The summed E-state index contributed by atoms with van der Waals surface area (Å²) in [6.45, 7) is 0. The first-order valence-electron chi connectivity index (χ1n) is 5.71. The Balaban J connectivity index is 2.37. The van der Waals surface area contributed by atoms with E-state index in [9.17, 15) is 9.90 Å². The number of benzene rings is 2. The highest BCUT2D eigenvalue weighted by molar-refractivity contribution is 6.32. The second-order valence-corrected chi connectivity index (χ2v) is 5.08. The number of aromatic hydroxyl groups is 1. The van der Waals surface area contributed by atoms with E-state index in [1.165, 1.54) is 23.1 Å². The van der Waals surface area contributed by atoms with Gasteiger partial charge < -0.3 is 15.7 Å². The summed E-state index contributed by atoms with van der Waals surface area (Å²) in [5.41, 5.74) is 7.13. The molecule has 3 N–H and O–H groups in total. The van der Waals surface area contributed by atoms with Crippen LogP contribution in [0.1, 0.15) is 10.4 Å². The van der Waals surface area contributed by atoms with Crippen LogP contribution >= 0.6 is 23.2 Å². The number of phenols is 1. The molecular formula is C14H12Cl2N2O2. The van der Waals surface area contributed by atoms with Crippen molar-refractivity contribution < 1.29 is 9.90 Å². The molecule has 0 saturated heterocycles. The van der Waals surface area contributed by atoms with E-state index < -0.39 is 0 Å². The van der Waals surface area contributed by atoms with Crippen molar-refractivity contribution in [3.63, 3.8) is 0 Å². The Kier molecular flexibility index (Phi) is 4.06. The third-order valence-electron chi connectivity index (χ3n) is 2.85. The summed E-state index contributed by atoms with van der Waals surface area (Å²) < 4.78 is 0. The van der Waals surface area contributed by atoms with Crippen molar-refractivity contribution in [1.82, 2.24) is 0 Å². The Bertz CT molecular complexity index is 674. The van der Waals surface area contributed by atoms with Gasteiger partial charge in [0, 0.05) is 17.6 Å². The third kappa shape index (κ3) is 2.81. The molecule has 0 aromatic heterocycles. The fraction of sp³-hybridized carbons (Fsp3) is 0.0714. The number of nitrogen functional groups attached to an aromatic ring is 1. The Morgan fingerprint density at radius 1 is 1.20 bits per heavy atom. The van der Waals surface area contributed by atoms with Gasteiger partial charge in [0.05, 0.1) is 16.4 Å². The van der Waals surface area contributed by atoms with Gasteiger partial charge in [0.1, 0.15) is 5.75 Å². The lowest BCUT2D eigenvalue weighted by Crippen LogP contribution is -2.27. The van der Waals surface area contributed by atoms with Gasteiger partial charge in [0.15, 0.2) is 0 Å². The molecule has 20 heavy (non-hydrogen) atoms. The Labute approximate surface area is 126 Å². The number of nitrogens with two attached hydrogens (primary N) is 1. The van der Waals surface area contributed by atoms with Crippen LogP contribution in [0, 0.1) is 0 Å². The first-order valence-corrected chi connectivity index (χ1v) is 6.47. The van der Waals surface area contributed by atoms with Crippen molar-refractivity contribution in [3.8, 4) is 5.75 Å². The minimum Gasteiger partial charge on any atom is -0.506 e. The van der Waals surface area contributed by atoms with E-state index in [4.69, 9.17) is 28.9 Å². The van der Waals surface area contributed by atoms with E-state index in [1.54, 1.807) is 25.2 Å². The van der Waals surface area contributed by atoms with Gasteiger partial charge in [0.25, 0.3) is 5.91 Å². The highest BCUT2D eigenvalue weighted by atomic mass is 35.5. The Morgan fingerprint density at radius 2 is 1.90 bits per heavy atom. The van der Waals surface area contributed by atoms with E-state index in [-0.39, 0.29) is 16.7 Å². The molecule has 0 aliphatic rings. The van der Waals surface area contributed by atoms with Crippen LogP contribution in [0.3, 0.4) is 0 Å². The van der Waals surface area contributed by atoms with Gasteiger partial charge >= 0.3 is 0 Å². The molecule has 0 heterocycles. The number of carbonyl (C=O) groups is 1. The highest BCUT2D eigenvalue weighted by Gasteiger charge is 2.17. The second kappa shape index (κ2) is 5.61. The van der Waals surface area contributed by atoms with Crippen LogP contribution in [0.5, 0.6) is 5.75 Å². The first kappa shape index (κ1) is 14.5. The molecule has 0 saturated carbocycles. The second-order valence-electron chi connectivity index (χ2n) is 4.23. The topological polar surface area (TPSA) is 66.6 Å². The quantitative estimate of drug-likeness (QED) is 0.833. The number of nitrogens with zero attached hydrogens (tertiary/aromatic N) is 1. The van der Waals surface area contributed by atoms with Crippen LogP contribution in [-0.4, -0.2) is 18.1 Å². The van der Waals surface area contributed by atoms with Gasteiger partial charge in [-0.2, -0.15) is 0 Å². The third-order valence-corrected chi connectivity index (χ3v) is 3.39. The molecule has 0 spiro atoms. The van der Waals surface area contributed by atoms with Crippen LogP contribution in [-0.2, 0) is 0 Å². The van der Waals surface area contributed by atoms with Gasteiger partial charge in [-0.05, 0) is 36.4 Å². The lowest BCUT2D eigenvalue weighted by atomic mass is 10.1.